The van der Waals surface area contributed by atoms with Crippen molar-refractivity contribution in [2.45, 2.75) is 67.5 Å². The van der Waals surface area contributed by atoms with Crippen LogP contribution in [0, 0.1) is 17.8 Å². The summed E-state index contributed by atoms with van der Waals surface area (Å²) in [5.41, 5.74) is 8.76. The lowest BCUT2D eigenvalue weighted by atomic mass is 9.83. The minimum Gasteiger partial charge on any atom is -0.460 e. The standard InChI is InChI=1S/C26H35NO4/c1-17-9-8-10-19(13-17)23(28)31-21-12-11-18(15-22(27)25(2,3)4)14-20(21)16-30-24(29)26(5,6)7/h8-14,22H,15-16,27H2,1-7H3. The molecule has 31 heavy (non-hydrogen) atoms. The van der Waals surface area contributed by atoms with Crippen molar-refractivity contribution in [2.75, 3.05) is 0 Å². The van der Waals surface area contributed by atoms with Gasteiger partial charge in [0, 0.05) is 11.6 Å². The molecule has 0 saturated carbocycles. The van der Waals surface area contributed by atoms with Gasteiger partial charge in [0.25, 0.3) is 0 Å². The SMILES string of the molecule is Cc1cccc(C(=O)Oc2ccc(CC(N)C(C)(C)C)cc2COC(=O)C(C)(C)C)c1. The van der Waals surface area contributed by atoms with Crippen molar-refractivity contribution in [3.8, 4) is 5.75 Å². The maximum atomic E-state index is 12.7. The highest BCUT2D eigenvalue weighted by Gasteiger charge is 2.25. The molecule has 1 unspecified atom stereocenters. The molecule has 2 N–H and O–H groups in total. The smallest absolute Gasteiger partial charge is 0.343 e. The van der Waals surface area contributed by atoms with E-state index in [1.54, 1.807) is 39.0 Å². The van der Waals surface area contributed by atoms with Crippen molar-refractivity contribution < 1.29 is 19.1 Å². The van der Waals surface area contributed by atoms with Crippen LogP contribution in [0.25, 0.3) is 0 Å². The Hall–Kier alpha value is -2.66. The summed E-state index contributed by atoms with van der Waals surface area (Å²) in [6.45, 7) is 13.6. The van der Waals surface area contributed by atoms with Gasteiger partial charge in [-0.15, -0.1) is 0 Å². The van der Waals surface area contributed by atoms with Crippen LogP contribution in [-0.2, 0) is 22.6 Å². The Morgan fingerprint density at radius 2 is 1.68 bits per heavy atom. The Labute approximate surface area is 185 Å². The van der Waals surface area contributed by atoms with Gasteiger partial charge >= 0.3 is 11.9 Å². The summed E-state index contributed by atoms with van der Waals surface area (Å²) in [6, 6.07) is 12.7. The average molecular weight is 426 g/mol. The fourth-order valence-electron chi connectivity index (χ4n) is 2.82. The molecule has 0 aliphatic rings. The molecule has 0 amide bonds. The molecular weight excluding hydrogens is 390 g/mol. The van der Waals surface area contributed by atoms with E-state index < -0.39 is 11.4 Å². The number of nitrogens with two attached hydrogens (primary N) is 1. The van der Waals surface area contributed by atoms with Gasteiger partial charge in [0.05, 0.1) is 11.0 Å². The second kappa shape index (κ2) is 9.65. The summed E-state index contributed by atoms with van der Waals surface area (Å²) in [5, 5.41) is 0. The van der Waals surface area contributed by atoms with Crippen LogP contribution in [0.15, 0.2) is 42.5 Å². The van der Waals surface area contributed by atoms with Gasteiger partial charge < -0.3 is 15.2 Å². The lowest BCUT2D eigenvalue weighted by Gasteiger charge is -2.27. The van der Waals surface area contributed by atoms with Gasteiger partial charge in [0.15, 0.2) is 0 Å². The molecule has 0 aliphatic carbocycles. The Balaban J connectivity index is 2.30. The summed E-state index contributed by atoms with van der Waals surface area (Å²) < 4.78 is 11.2. The molecule has 0 fully saturated rings. The van der Waals surface area contributed by atoms with Gasteiger partial charge in [-0.2, -0.15) is 0 Å². The van der Waals surface area contributed by atoms with Crippen LogP contribution in [0.3, 0.4) is 0 Å². The molecule has 2 aromatic rings. The van der Waals surface area contributed by atoms with Crippen LogP contribution in [0.5, 0.6) is 5.75 Å². The molecule has 2 rings (SSSR count). The number of ether oxygens (including phenoxy) is 2. The van der Waals surface area contributed by atoms with Gasteiger partial charge in [-0.3, -0.25) is 4.79 Å². The van der Waals surface area contributed by atoms with Crippen molar-refractivity contribution in [1.29, 1.82) is 0 Å². The summed E-state index contributed by atoms with van der Waals surface area (Å²) in [5.74, 6) is -0.396. The molecule has 1 atom stereocenters. The third-order valence-electron chi connectivity index (χ3n) is 5.12. The second-order valence-corrected chi connectivity index (χ2v) is 10.2. The molecule has 168 valence electrons. The van der Waals surface area contributed by atoms with Crippen molar-refractivity contribution in [2.24, 2.45) is 16.6 Å². The third-order valence-corrected chi connectivity index (χ3v) is 5.12. The van der Waals surface area contributed by atoms with E-state index in [-0.39, 0.29) is 24.0 Å². The number of esters is 2. The lowest BCUT2D eigenvalue weighted by Crippen LogP contribution is -2.36. The van der Waals surface area contributed by atoms with Crippen LogP contribution in [0.1, 0.15) is 68.6 Å². The minimum absolute atomic E-state index is 0.0190. The minimum atomic E-state index is -0.620. The average Bonchev–Trinajstić information content (AvgIpc) is 2.66. The lowest BCUT2D eigenvalue weighted by molar-refractivity contribution is -0.154. The second-order valence-electron chi connectivity index (χ2n) is 10.2. The maximum Gasteiger partial charge on any atom is 0.343 e. The van der Waals surface area contributed by atoms with Gasteiger partial charge in [-0.05, 0) is 69.4 Å². The molecule has 0 saturated heterocycles. The first-order valence-electron chi connectivity index (χ1n) is 10.6. The fraction of sp³-hybridized carbons (Fsp3) is 0.462. The van der Waals surface area contributed by atoms with E-state index >= 15 is 0 Å². The first-order chi connectivity index (χ1) is 14.3. The van der Waals surface area contributed by atoms with E-state index in [0.29, 0.717) is 23.3 Å². The third kappa shape index (κ3) is 7.21. The van der Waals surface area contributed by atoms with Crippen molar-refractivity contribution in [3.63, 3.8) is 0 Å². The van der Waals surface area contributed by atoms with E-state index in [2.05, 4.69) is 20.8 Å². The molecule has 0 aliphatic heterocycles. The van der Waals surface area contributed by atoms with E-state index in [1.807, 2.05) is 31.2 Å². The summed E-state index contributed by atoms with van der Waals surface area (Å²) in [6.07, 6.45) is 0.663. The van der Waals surface area contributed by atoms with Crippen LogP contribution in [0.2, 0.25) is 0 Å². The number of carbonyl (C=O) groups excluding carboxylic acids is 2. The topological polar surface area (TPSA) is 78.6 Å². The monoisotopic (exact) mass is 425 g/mol. The highest BCUT2D eigenvalue weighted by Crippen LogP contribution is 2.27. The summed E-state index contributed by atoms with van der Waals surface area (Å²) >= 11 is 0. The molecule has 0 aromatic heterocycles. The van der Waals surface area contributed by atoms with Crippen LogP contribution >= 0.6 is 0 Å². The van der Waals surface area contributed by atoms with Crippen LogP contribution < -0.4 is 10.5 Å². The normalized spacial score (nSPS) is 12.9. The van der Waals surface area contributed by atoms with Crippen molar-refractivity contribution in [1.82, 2.24) is 0 Å². The number of hydrogen-bond acceptors (Lipinski definition) is 5. The number of rotatable bonds is 6. The van der Waals surface area contributed by atoms with Crippen molar-refractivity contribution in [3.05, 3.63) is 64.7 Å². The highest BCUT2D eigenvalue weighted by atomic mass is 16.5. The zero-order chi connectivity index (χ0) is 23.4. The first-order valence-corrected chi connectivity index (χ1v) is 10.6. The molecule has 5 heteroatoms. The van der Waals surface area contributed by atoms with Gasteiger partial charge in [-0.1, -0.05) is 44.5 Å². The van der Waals surface area contributed by atoms with Gasteiger partial charge in [0.2, 0.25) is 0 Å². The Bertz CT molecular complexity index is 935. The zero-order valence-corrected chi connectivity index (χ0v) is 19.7. The maximum absolute atomic E-state index is 12.7. The molecule has 5 nitrogen and oxygen atoms in total. The molecule has 0 radical (unpaired) electrons. The molecule has 0 spiro atoms. The zero-order valence-electron chi connectivity index (χ0n) is 19.7. The molecular formula is C26H35NO4. The Kier molecular flexibility index (Phi) is 7.66. The van der Waals surface area contributed by atoms with Gasteiger partial charge in [0.1, 0.15) is 12.4 Å². The largest absolute Gasteiger partial charge is 0.460 e. The number of benzene rings is 2. The summed E-state index contributed by atoms with van der Waals surface area (Å²) in [7, 11) is 0. The summed E-state index contributed by atoms with van der Waals surface area (Å²) in [4.78, 5) is 24.9. The number of carbonyl (C=O) groups is 2. The Morgan fingerprint density at radius 3 is 2.26 bits per heavy atom. The van der Waals surface area contributed by atoms with E-state index in [4.69, 9.17) is 15.2 Å². The van der Waals surface area contributed by atoms with Crippen LogP contribution in [0.4, 0.5) is 0 Å². The fourth-order valence-corrected chi connectivity index (χ4v) is 2.82. The molecule has 2 aromatic carbocycles. The quantitative estimate of drug-likeness (QED) is 0.507. The van der Waals surface area contributed by atoms with Gasteiger partial charge in [-0.25, -0.2) is 4.79 Å². The number of aryl methyl sites for hydroxylation is 1. The van der Waals surface area contributed by atoms with Crippen molar-refractivity contribution >= 4 is 11.9 Å². The first kappa shape index (κ1) is 24.6. The molecule has 0 bridgehead atoms. The number of hydrogen-bond donors (Lipinski definition) is 1. The van der Waals surface area contributed by atoms with E-state index in [1.165, 1.54) is 0 Å². The predicted molar refractivity (Wildman–Crippen MR) is 123 cm³/mol. The molecule has 0 heterocycles. The highest BCUT2D eigenvalue weighted by molar-refractivity contribution is 5.91. The van der Waals surface area contributed by atoms with Crippen LogP contribution in [-0.4, -0.2) is 18.0 Å². The predicted octanol–water partition coefficient (Wildman–Crippen LogP) is 5.22. The van der Waals surface area contributed by atoms with E-state index in [0.717, 1.165) is 11.1 Å². The van der Waals surface area contributed by atoms with E-state index in [9.17, 15) is 9.59 Å². The Morgan fingerprint density at radius 1 is 1.00 bits per heavy atom.